The van der Waals surface area contributed by atoms with Crippen LogP contribution in [0.4, 0.5) is 0 Å². The highest BCUT2D eigenvalue weighted by atomic mass is 16.5. The van der Waals surface area contributed by atoms with Gasteiger partial charge in [-0.3, -0.25) is 14.4 Å². The van der Waals surface area contributed by atoms with E-state index in [1.807, 2.05) is 0 Å². The van der Waals surface area contributed by atoms with Gasteiger partial charge in [0.15, 0.2) is 0 Å². The molecule has 2 atom stereocenters. The lowest BCUT2D eigenvalue weighted by Crippen LogP contribution is -2.48. The number of hydrogen-bond donors (Lipinski definition) is 2. The summed E-state index contributed by atoms with van der Waals surface area (Å²) >= 11 is 0. The van der Waals surface area contributed by atoms with E-state index in [0.717, 1.165) is 12.8 Å². The van der Waals surface area contributed by atoms with Crippen molar-refractivity contribution < 1.29 is 19.1 Å². The fraction of sp³-hybridized carbons (Fsp3) is 0.812. The molecule has 6 nitrogen and oxygen atoms in total. The maximum Gasteiger partial charge on any atom is 0.307 e. The Hall–Kier alpha value is -1.59. The molecule has 1 fully saturated rings. The van der Waals surface area contributed by atoms with Crippen LogP contribution in [0.25, 0.3) is 0 Å². The number of ether oxygens (including phenoxy) is 1. The number of carbonyl (C=O) groups is 3. The summed E-state index contributed by atoms with van der Waals surface area (Å²) in [4.78, 5) is 35.1. The predicted molar refractivity (Wildman–Crippen MR) is 83.0 cm³/mol. The first-order valence-electron chi connectivity index (χ1n) is 8.09. The number of nitrogens with one attached hydrogen (secondary N) is 2. The van der Waals surface area contributed by atoms with Crippen molar-refractivity contribution in [3.8, 4) is 0 Å². The van der Waals surface area contributed by atoms with E-state index in [1.54, 1.807) is 13.8 Å². The van der Waals surface area contributed by atoms with Gasteiger partial charge in [-0.1, -0.05) is 19.3 Å². The van der Waals surface area contributed by atoms with E-state index in [1.165, 1.54) is 26.4 Å². The first kappa shape index (κ1) is 18.5. The van der Waals surface area contributed by atoms with Crippen molar-refractivity contribution in [2.45, 2.75) is 70.9 Å². The fourth-order valence-corrected chi connectivity index (χ4v) is 2.77. The smallest absolute Gasteiger partial charge is 0.307 e. The van der Waals surface area contributed by atoms with Crippen molar-refractivity contribution in [1.29, 1.82) is 0 Å². The summed E-state index contributed by atoms with van der Waals surface area (Å²) in [6.07, 6.45) is 6.46. The summed E-state index contributed by atoms with van der Waals surface area (Å²) in [7, 11) is 1.31. The van der Waals surface area contributed by atoms with Gasteiger partial charge in [0.25, 0.3) is 0 Å². The van der Waals surface area contributed by atoms with Crippen LogP contribution in [0.2, 0.25) is 0 Å². The maximum absolute atomic E-state index is 12.0. The Balaban J connectivity index is 2.30. The van der Waals surface area contributed by atoms with Gasteiger partial charge < -0.3 is 15.4 Å². The largest absolute Gasteiger partial charge is 0.469 e. The molecule has 0 heterocycles. The van der Waals surface area contributed by atoms with Gasteiger partial charge in [0.2, 0.25) is 11.8 Å². The average molecular weight is 312 g/mol. The lowest BCUT2D eigenvalue weighted by molar-refractivity contribution is -0.141. The van der Waals surface area contributed by atoms with Crippen LogP contribution in [0.15, 0.2) is 0 Å². The molecule has 0 aliphatic heterocycles. The van der Waals surface area contributed by atoms with Crippen LogP contribution in [-0.4, -0.2) is 37.0 Å². The molecule has 1 aliphatic carbocycles. The highest BCUT2D eigenvalue weighted by Crippen LogP contribution is 2.26. The van der Waals surface area contributed by atoms with Crippen LogP contribution >= 0.6 is 0 Å². The average Bonchev–Trinajstić information content (AvgIpc) is 2.47. The van der Waals surface area contributed by atoms with E-state index in [0.29, 0.717) is 12.3 Å². The molecule has 126 valence electrons. The van der Waals surface area contributed by atoms with E-state index in [4.69, 9.17) is 0 Å². The van der Waals surface area contributed by atoms with Crippen LogP contribution in [-0.2, 0) is 19.1 Å². The first-order chi connectivity index (χ1) is 10.4. The topological polar surface area (TPSA) is 84.5 Å². The van der Waals surface area contributed by atoms with Gasteiger partial charge in [-0.2, -0.15) is 0 Å². The summed E-state index contributed by atoms with van der Waals surface area (Å²) in [5.41, 5.74) is 0. The minimum Gasteiger partial charge on any atom is -0.469 e. The van der Waals surface area contributed by atoms with Crippen LogP contribution in [0.5, 0.6) is 0 Å². The number of carbonyl (C=O) groups excluding carboxylic acids is 3. The molecule has 0 aromatic rings. The van der Waals surface area contributed by atoms with Gasteiger partial charge in [-0.15, -0.1) is 0 Å². The number of methoxy groups -OCH3 is 1. The van der Waals surface area contributed by atoms with Crippen molar-refractivity contribution in [2.24, 2.45) is 5.92 Å². The van der Waals surface area contributed by atoms with Crippen LogP contribution in [0.1, 0.15) is 58.8 Å². The third-order valence-corrected chi connectivity index (χ3v) is 4.06. The van der Waals surface area contributed by atoms with E-state index in [2.05, 4.69) is 15.4 Å². The first-order valence-corrected chi connectivity index (χ1v) is 8.09. The zero-order valence-corrected chi connectivity index (χ0v) is 13.8. The molecule has 0 aromatic heterocycles. The quantitative estimate of drug-likeness (QED) is 0.698. The predicted octanol–water partition coefficient (Wildman–Crippen LogP) is 1.53. The number of esters is 1. The van der Waals surface area contributed by atoms with Gasteiger partial charge in [0, 0.05) is 12.5 Å². The highest BCUT2D eigenvalue weighted by molar-refractivity contribution is 5.87. The van der Waals surface area contributed by atoms with Crippen LogP contribution < -0.4 is 10.6 Å². The molecule has 2 N–H and O–H groups in total. The molecular weight excluding hydrogens is 284 g/mol. The lowest BCUT2D eigenvalue weighted by Gasteiger charge is -2.22. The van der Waals surface area contributed by atoms with E-state index in [9.17, 15) is 14.4 Å². The Kier molecular flexibility index (Phi) is 7.91. The normalized spacial score (nSPS) is 18.1. The highest BCUT2D eigenvalue weighted by Gasteiger charge is 2.21. The number of rotatable bonds is 7. The second-order valence-corrected chi connectivity index (χ2v) is 6.19. The molecule has 6 heteroatoms. The molecule has 1 aliphatic rings. The zero-order valence-electron chi connectivity index (χ0n) is 13.8. The Labute approximate surface area is 132 Å². The summed E-state index contributed by atoms with van der Waals surface area (Å²) in [5, 5.41) is 5.43. The fourth-order valence-electron chi connectivity index (χ4n) is 2.77. The second kappa shape index (κ2) is 9.43. The molecule has 22 heavy (non-hydrogen) atoms. The maximum atomic E-state index is 12.0. The third-order valence-electron chi connectivity index (χ3n) is 4.06. The van der Waals surface area contributed by atoms with Gasteiger partial charge in [0.1, 0.15) is 6.04 Å². The van der Waals surface area contributed by atoms with Gasteiger partial charge in [-0.25, -0.2) is 0 Å². The molecule has 0 spiro atoms. The van der Waals surface area contributed by atoms with Gasteiger partial charge in [-0.05, 0) is 32.6 Å². The van der Waals surface area contributed by atoms with Crippen LogP contribution in [0, 0.1) is 5.92 Å². The summed E-state index contributed by atoms with van der Waals surface area (Å²) in [6, 6.07) is -0.922. The molecule has 1 saturated carbocycles. The number of amides is 2. The van der Waals surface area contributed by atoms with Gasteiger partial charge >= 0.3 is 5.97 Å². The van der Waals surface area contributed by atoms with Crippen molar-refractivity contribution in [3.63, 3.8) is 0 Å². The lowest BCUT2D eigenvalue weighted by atomic mass is 9.87. The molecule has 0 unspecified atom stereocenters. The minimum atomic E-state index is -0.601. The standard InChI is InChI=1S/C16H28N2O4/c1-11(9-15(20)22-3)17-16(21)12(2)18-14(19)10-13-7-5-4-6-8-13/h11-13H,4-10H2,1-3H3,(H,17,21)(H,18,19)/t11-,12-/m0/s1. The van der Waals surface area contributed by atoms with Crippen molar-refractivity contribution in [3.05, 3.63) is 0 Å². The molecule has 1 rings (SSSR count). The molecule has 0 radical (unpaired) electrons. The summed E-state index contributed by atoms with van der Waals surface area (Å²) in [5.74, 6) is -0.285. The van der Waals surface area contributed by atoms with E-state index < -0.39 is 6.04 Å². The summed E-state index contributed by atoms with van der Waals surface area (Å²) in [6.45, 7) is 3.38. The molecule has 0 aromatic carbocycles. The molecular formula is C16H28N2O4. The number of hydrogen-bond acceptors (Lipinski definition) is 4. The van der Waals surface area contributed by atoms with Crippen molar-refractivity contribution in [1.82, 2.24) is 10.6 Å². The Morgan fingerprint density at radius 3 is 2.32 bits per heavy atom. The van der Waals surface area contributed by atoms with Gasteiger partial charge in [0.05, 0.1) is 13.5 Å². The van der Waals surface area contributed by atoms with Crippen molar-refractivity contribution in [2.75, 3.05) is 7.11 Å². The molecule has 0 bridgehead atoms. The second-order valence-electron chi connectivity index (χ2n) is 6.19. The molecule has 0 saturated heterocycles. The van der Waals surface area contributed by atoms with Crippen molar-refractivity contribution >= 4 is 17.8 Å². The summed E-state index contributed by atoms with van der Waals surface area (Å²) < 4.78 is 4.55. The van der Waals surface area contributed by atoms with E-state index in [-0.39, 0.29) is 30.2 Å². The SMILES string of the molecule is COC(=O)C[C@H](C)NC(=O)[C@H](C)NC(=O)CC1CCCCC1. The Bertz CT molecular complexity index is 392. The minimum absolute atomic E-state index is 0.0739. The zero-order chi connectivity index (χ0) is 16.5. The van der Waals surface area contributed by atoms with Crippen LogP contribution in [0.3, 0.4) is 0 Å². The molecule has 2 amide bonds. The Morgan fingerprint density at radius 2 is 1.73 bits per heavy atom. The Morgan fingerprint density at radius 1 is 1.09 bits per heavy atom. The van der Waals surface area contributed by atoms with E-state index >= 15 is 0 Å². The third kappa shape index (κ3) is 6.91. The monoisotopic (exact) mass is 312 g/mol.